The van der Waals surface area contributed by atoms with Gasteiger partial charge in [0.25, 0.3) is 0 Å². The minimum atomic E-state index is -5.87. The standard InChI is InChI=1S/C11H9BrF6O2/c1-5-2-3-6(4-7(5)12)9(20,11(16,17)18)8(19)10(13,14)15/h2-4,8,19-20H,1H3/i1D3. The summed E-state index contributed by atoms with van der Waals surface area (Å²) in [5, 5.41) is 18.6. The highest BCUT2D eigenvalue weighted by molar-refractivity contribution is 9.10. The van der Waals surface area contributed by atoms with Crippen LogP contribution in [-0.2, 0) is 5.60 Å². The fraction of sp³-hybridized carbons (Fsp3) is 0.455. The van der Waals surface area contributed by atoms with Gasteiger partial charge in [0.2, 0.25) is 5.60 Å². The molecule has 0 aliphatic carbocycles. The van der Waals surface area contributed by atoms with E-state index in [4.69, 9.17) is 9.22 Å². The Balaban J connectivity index is 3.56. The third-order valence-corrected chi connectivity index (χ3v) is 3.20. The van der Waals surface area contributed by atoms with Gasteiger partial charge in [-0.25, -0.2) is 0 Å². The van der Waals surface area contributed by atoms with Crippen molar-refractivity contribution in [1.29, 1.82) is 0 Å². The highest BCUT2D eigenvalue weighted by Gasteiger charge is 2.67. The minimum absolute atomic E-state index is 0.370. The SMILES string of the molecule is [2H]C([2H])([2H])c1ccc(C(O)(C(O)C(F)(F)F)C(F)(F)F)cc1Br. The molecule has 0 amide bonds. The van der Waals surface area contributed by atoms with Crippen LogP contribution in [0, 0.1) is 6.85 Å². The molecule has 0 aliphatic rings. The van der Waals surface area contributed by atoms with Crippen LogP contribution in [0.15, 0.2) is 22.7 Å². The quantitative estimate of drug-likeness (QED) is 0.784. The fourth-order valence-electron chi connectivity index (χ4n) is 1.47. The Labute approximate surface area is 122 Å². The number of aryl methyl sites for hydroxylation is 1. The van der Waals surface area contributed by atoms with Crippen molar-refractivity contribution in [3.8, 4) is 0 Å². The molecule has 2 N–H and O–H groups in total. The molecule has 20 heavy (non-hydrogen) atoms. The Morgan fingerprint density at radius 1 is 1.20 bits per heavy atom. The number of aliphatic hydroxyl groups excluding tert-OH is 1. The summed E-state index contributed by atoms with van der Waals surface area (Å²) in [5.74, 6) is 0. The van der Waals surface area contributed by atoms with Crippen molar-refractivity contribution in [2.45, 2.75) is 30.9 Å². The van der Waals surface area contributed by atoms with Gasteiger partial charge in [-0.2, -0.15) is 26.3 Å². The molecule has 0 fully saturated rings. The maximum Gasteiger partial charge on any atom is 0.424 e. The van der Waals surface area contributed by atoms with Gasteiger partial charge in [-0.05, 0) is 24.0 Å². The second kappa shape index (κ2) is 5.19. The van der Waals surface area contributed by atoms with Gasteiger partial charge in [0.05, 0.1) is 0 Å². The number of aliphatic hydroxyl groups is 2. The first-order valence-electron chi connectivity index (χ1n) is 6.37. The third-order valence-electron chi connectivity index (χ3n) is 2.55. The first-order valence-corrected chi connectivity index (χ1v) is 5.66. The van der Waals surface area contributed by atoms with Crippen LogP contribution in [0.1, 0.15) is 15.2 Å². The third kappa shape index (κ3) is 2.94. The summed E-state index contributed by atoms with van der Waals surface area (Å²) in [4.78, 5) is 0. The van der Waals surface area contributed by atoms with E-state index in [1.807, 2.05) is 0 Å². The Morgan fingerprint density at radius 2 is 1.75 bits per heavy atom. The molecular formula is C11H9BrF6O2. The molecule has 2 nitrogen and oxygen atoms in total. The van der Waals surface area contributed by atoms with Crippen LogP contribution in [0.3, 0.4) is 0 Å². The number of halogens is 7. The predicted octanol–water partition coefficient (Wildman–Crippen LogP) is 3.43. The van der Waals surface area contributed by atoms with E-state index in [0.717, 1.165) is 0 Å². The number of alkyl halides is 6. The summed E-state index contributed by atoms with van der Waals surface area (Å²) in [6.07, 6.45) is -15.8. The summed E-state index contributed by atoms with van der Waals surface area (Å²) in [5.41, 5.74) is -6.47. The number of rotatable bonds is 2. The fourth-order valence-corrected chi connectivity index (χ4v) is 1.84. The normalized spacial score (nSPS) is 20.6. The molecule has 0 aromatic heterocycles. The van der Waals surface area contributed by atoms with E-state index in [2.05, 4.69) is 15.9 Å². The molecule has 114 valence electrons. The lowest BCUT2D eigenvalue weighted by atomic mass is 9.86. The molecule has 2 atom stereocenters. The van der Waals surface area contributed by atoms with E-state index in [0.29, 0.717) is 18.2 Å². The lowest BCUT2D eigenvalue weighted by molar-refractivity contribution is -0.347. The first kappa shape index (κ1) is 12.9. The zero-order valence-corrected chi connectivity index (χ0v) is 10.9. The van der Waals surface area contributed by atoms with Crippen molar-refractivity contribution in [2.24, 2.45) is 0 Å². The van der Waals surface area contributed by atoms with E-state index in [-0.39, 0.29) is 0 Å². The number of hydrogen-bond donors (Lipinski definition) is 2. The molecule has 0 saturated carbocycles. The summed E-state index contributed by atoms with van der Waals surface area (Å²) in [6, 6.07) is 1.37. The Hall–Kier alpha value is -0.800. The van der Waals surface area contributed by atoms with Crippen molar-refractivity contribution < 1.29 is 40.7 Å². The molecule has 0 bridgehead atoms. The van der Waals surface area contributed by atoms with Gasteiger partial charge in [0.15, 0.2) is 6.10 Å². The summed E-state index contributed by atoms with van der Waals surface area (Å²) in [6.45, 7) is -2.74. The topological polar surface area (TPSA) is 40.5 Å². The maximum absolute atomic E-state index is 13.0. The molecule has 0 heterocycles. The van der Waals surface area contributed by atoms with Gasteiger partial charge < -0.3 is 10.2 Å². The first-order chi connectivity index (χ1) is 10.0. The van der Waals surface area contributed by atoms with Gasteiger partial charge in [-0.3, -0.25) is 0 Å². The highest BCUT2D eigenvalue weighted by atomic mass is 79.9. The van der Waals surface area contributed by atoms with Gasteiger partial charge >= 0.3 is 12.4 Å². The van der Waals surface area contributed by atoms with Crippen LogP contribution in [0.25, 0.3) is 0 Å². The molecule has 2 unspecified atom stereocenters. The second-order valence-electron chi connectivity index (χ2n) is 3.90. The van der Waals surface area contributed by atoms with E-state index >= 15 is 0 Å². The molecule has 1 rings (SSSR count). The molecule has 0 radical (unpaired) electrons. The summed E-state index contributed by atoms with van der Waals surface area (Å²) < 4.78 is 97.5. The van der Waals surface area contributed by atoms with Gasteiger partial charge in [0.1, 0.15) is 0 Å². The van der Waals surface area contributed by atoms with Crippen molar-refractivity contribution in [3.05, 3.63) is 33.8 Å². The van der Waals surface area contributed by atoms with Crippen molar-refractivity contribution >= 4 is 15.9 Å². The summed E-state index contributed by atoms with van der Waals surface area (Å²) in [7, 11) is 0. The zero-order valence-electron chi connectivity index (χ0n) is 12.3. The van der Waals surface area contributed by atoms with Gasteiger partial charge in [0, 0.05) is 8.58 Å². The van der Waals surface area contributed by atoms with Crippen LogP contribution in [0.4, 0.5) is 26.3 Å². The lowest BCUT2D eigenvalue weighted by Crippen LogP contribution is -2.57. The van der Waals surface area contributed by atoms with E-state index in [1.54, 1.807) is 0 Å². The number of benzene rings is 1. The second-order valence-corrected chi connectivity index (χ2v) is 4.76. The zero-order chi connectivity index (χ0) is 18.4. The van der Waals surface area contributed by atoms with E-state index in [9.17, 15) is 31.4 Å². The molecule has 1 aromatic carbocycles. The van der Waals surface area contributed by atoms with Crippen LogP contribution < -0.4 is 0 Å². The largest absolute Gasteiger partial charge is 0.424 e. The average molecular weight is 370 g/mol. The smallest absolute Gasteiger partial charge is 0.381 e. The Morgan fingerprint density at radius 3 is 2.10 bits per heavy atom. The molecule has 0 spiro atoms. The van der Waals surface area contributed by atoms with Crippen LogP contribution in [0.2, 0.25) is 0 Å². The van der Waals surface area contributed by atoms with E-state index < -0.39 is 46.5 Å². The molecule has 1 aromatic rings. The van der Waals surface area contributed by atoms with Crippen LogP contribution in [-0.4, -0.2) is 28.7 Å². The molecular weight excluding hydrogens is 358 g/mol. The van der Waals surface area contributed by atoms with Crippen molar-refractivity contribution in [3.63, 3.8) is 0 Å². The monoisotopic (exact) mass is 369 g/mol. The van der Waals surface area contributed by atoms with Crippen LogP contribution >= 0.6 is 15.9 Å². The minimum Gasteiger partial charge on any atom is -0.381 e. The van der Waals surface area contributed by atoms with Crippen molar-refractivity contribution in [1.82, 2.24) is 0 Å². The average Bonchev–Trinajstić information content (AvgIpc) is 2.32. The van der Waals surface area contributed by atoms with Gasteiger partial charge in [-0.15, -0.1) is 0 Å². The number of hydrogen-bond acceptors (Lipinski definition) is 2. The lowest BCUT2D eigenvalue weighted by Gasteiger charge is -2.36. The van der Waals surface area contributed by atoms with E-state index in [1.165, 1.54) is 0 Å². The predicted molar refractivity (Wildman–Crippen MR) is 60.9 cm³/mol. The van der Waals surface area contributed by atoms with Crippen LogP contribution in [0.5, 0.6) is 0 Å². The van der Waals surface area contributed by atoms with Gasteiger partial charge in [-0.1, -0.05) is 28.1 Å². The molecule has 0 saturated heterocycles. The summed E-state index contributed by atoms with van der Waals surface area (Å²) >= 11 is 2.64. The highest BCUT2D eigenvalue weighted by Crippen LogP contribution is 2.46. The maximum atomic E-state index is 13.0. The molecule has 0 aliphatic heterocycles. The Bertz CT molecular complexity index is 587. The Kier molecular flexibility index (Phi) is 3.35. The van der Waals surface area contributed by atoms with Crippen molar-refractivity contribution in [2.75, 3.05) is 0 Å². The molecule has 9 heteroatoms.